The molecule has 0 unspecified atom stereocenters. The van der Waals surface area contributed by atoms with Crippen LogP contribution in [0, 0.1) is 5.82 Å². The van der Waals surface area contributed by atoms with E-state index in [9.17, 15) is 12.8 Å². The summed E-state index contributed by atoms with van der Waals surface area (Å²) in [5.41, 5.74) is 5.16. The maximum Gasteiger partial charge on any atom is 0.271 e. The zero-order valence-corrected chi connectivity index (χ0v) is 11.9. The highest BCUT2D eigenvalue weighted by molar-refractivity contribution is 7.94. The molecule has 8 heteroatoms. The van der Waals surface area contributed by atoms with Crippen molar-refractivity contribution in [1.82, 2.24) is 0 Å². The minimum Gasteiger partial charge on any atom is -0.326 e. The number of anilines is 1. The first kappa shape index (κ1) is 14.3. The van der Waals surface area contributed by atoms with Gasteiger partial charge in [0.25, 0.3) is 10.0 Å². The molecular formula is C11H10ClFN2O2S2. The van der Waals surface area contributed by atoms with Gasteiger partial charge in [0.05, 0.1) is 5.02 Å². The van der Waals surface area contributed by atoms with E-state index in [1.165, 1.54) is 18.2 Å². The van der Waals surface area contributed by atoms with Crippen LogP contribution in [0.25, 0.3) is 0 Å². The Morgan fingerprint density at radius 2 is 2.05 bits per heavy atom. The number of hydrogen-bond donors (Lipinski definition) is 2. The van der Waals surface area contributed by atoms with Gasteiger partial charge in [-0.25, -0.2) is 12.8 Å². The minimum absolute atomic E-state index is 0.000760. The predicted octanol–water partition coefficient (Wildman–Crippen LogP) is 2.80. The molecule has 0 radical (unpaired) electrons. The van der Waals surface area contributed by atoms with Gasteiger partial charge in [0.15, 0.2) is 0 Å². The fourth-order valence-electron chi connectivity index (χ4n) is 1.39. The molecule has 1 heterocycles. The summed E-state index contributed by atoms with van der Waals surface area (Å²) in [4.78, 5) is 0.722. The Morgan fingerprint density at radius 3 is 2.63 bits per heavy atom. The Balaban J connectivity index is 2.36. The fraction of sp³-hybridized carbons (Fsp3) is 0.0909. The third kappa shape index (κ3) is 3.06. The largest absolute Gasteiger partial charge is 0.326 e. The fourth-order valence-corrected chi connectivity index (χ4v) is 3.98. The highest BCUT2D eigenvalue weighted by Gasteiger charge is 2.20. The van der Waals surface area contributed by atoms with Crippen LogP contribution >= 0.6 is 22.9 Å². The zero-order chi connectivity index (χ0) is 14.0. The summed E-state index contributed by atoms with van der Waals surface area (Å²) >= 11 is 6.80. The van der Waals surface area contributed by atoms with Gasteiger partial charge in [0.2, 0.25) is 0 Å². The van der Waals surface area contributed by atoms with Crippen molar-refractivity contribution in [2.24, 2.45) is 5.73 Å². The van der Waals surface area contributed by atoms with Crippen molar-refractivity contribution in [3.63, 3.8) is 0 Å². The topological polar surface area (TPSA) is 72.2 Å². The van der Waals surface area contributed by atoms with Crippen LogP contribution in [0.4, 0.5) is 10.1 Å². The van der Waals surface area contributed by atoms with Crippen LogP contribution < -0.4 is 10.5 Å². The SMILES string of the molecule is NCc1ccc(S(=O)(=O)Nc2c(F)cccc2Cl)s1. The molecule has 0 saturated heterocycles. The van der Waals surface area contributed by atoms with Crippen molar-refractivity contribution in [3.05, 3.63) is 46.0 Å². The number of nitrogens with two attached hydrogens (primary N) is 1. The molecule has 0 saturated carbocycles. The molecule has 4 nitrogen and oxygen atoms in total. The van der Waals surface area contributed by atoms with Crippen LogP contribution in [-0.4, -0.2) is 8.42 Å². The number of benzene rings is 1. The molecule has 102 valence electrons. The summed E-state index contributed by atoms with van der Waals surface area (Å²) in [5, 5.41) is -0.000760. The van der Waals surface area contributed by atoms with Crippen molar-refractivity contribution in [2.45, 2.75) is 10.8 Å². The predicted molar refractivity (Wildman–Crippen MR) is 74.4 cm³/mol. The molecule has 2 rings (SSSR count). The highest BCUT2D eigenvalue weighted by Crippen LogP contribution is 2.29. The molecule has 1 aromatic heterocycles. The normalized spacial score (nSPS) is 11.5. The molecule has 0 bridgehead atoms. The lowest BCUT2D eigenvalue weighted by atomic mass is 10.3. The van der Waals surface area contributed by atoms with E-state index < -0.39 is 15.8 Å². The first-order chi connectivity index (χ1) is 8.94. The summed E-state index contributed by atoms with van der Waals surface area (Å²) in [6.07, 6.45) is 0. The monoisotopic (exact) mass is 320 g/mol. The molecule has 2 aromatic rings. The van der Waals surface area contributed by atoms with E-state index >= 15 is 0 Å². The Kier molecular flexibility index (Phi) is 4.10. The van der Waals surface area contributed by atoms with Crippen LogP contribution in [0.3, 0.4) is 0 Å². The molecule has 1 aromatic carbocycles. The summed E-state index contributed by atoms with van der Waals surface area (Å²) in [6, 6.07) is 6.96. The van der Waals surface area contributed by atoms with Gasteiger partial charge < -0.3 is 5.73 Å². The Morgan fingerprint density at radius 1 is 1.32 bits per heavy atom. The summed E-state index contributed by atoms with van der Waals surface area (Å²) in [6.45, 7) is 0.251. The summed E-state index contributed by atoms with van der Waals surface area (Å²) in [5.74, 6) is -0.730. The van der Waals surface area contributed by atoms with E-state index in [1.807, 2.05) is 0 Å². The van der Waals surface area contributed by atoms with Crippen LogP contribution in [0.2, 0.25) is 5.02 Å². The number of hydrogen-bond acceptors (Lipinski definition) is 4. The molecule has 0 atom stereocenters. The lowest BCUT2D eigenvalue weighted by Gasteiger charge is -2.08. The van der Waals surface area contributed by atoms with Gasteiger partial charge in [-0.15, -0.1) is 11.3 Å². The summed E-state index contributed by atoms with van der Waals surface area (Å²) in [7, 11) is -3.86. The Labute approximate surface area is 119 Å². The smallest absolute Gasteiger partial charge is 0.271 e. The first-order valence-electron chi connectivity index (χ1n) is 5.19. The van der Waals surface area contributed by atoms with Crippen molar-refractivity contribution >= 4 is 38.6 Å². The second kappa shape index (κ2) is 5.46. The molecule has 0 aliphatic rings. The lowest BCUT2D eigenvalue weighted by Crippen LogP contribution is -2.13. The molecule has 0 fully saturated rings. The van der Waals surface area contributed by atoms with Crippen LogP contribution in [0.1, 0.15) is 4.88 Å². The zero-order valence-electron chi connectivity index (χ0n) is 9.56. The van der Waals surface area contributed by atoms with E-state index in [0.29, 0.717) is 0 Å². The number of nitrogens with one attached hydrogen (secondary N) is 1. The molecule has 19 heavy (non-hydrogen) atoms. The molecule has 0 aliphatic heterocycles. The number of rotatable bonds is 4. The van der Waals surface area contributed by atoms with E-state index in [4.69, 9.17) is 17.3 Å². The second-order valence-corrected chi connectivity index (χ2v) is 7.11. The molecule has 0 amide bonds. The number of sulfonamides is 1. The van der Waals surface area contributed by atoms with Gasteiger partial charge in [-0.2, -0.15) is 0 Å². The van der Waals surface area contributed by atoms with E-state index in [0.717, 1.165) is 22.3 Å². The van der Waals surface area contributed by atoms with Crippen molar-refractivity contribution in [3.8, 4) is 0 Å². The van der Waals surface area contributed by atoms with Crippen molar-refractivity contribution < 1.29 is 12.8 Å². The second-order valence-electron chi connectivity index (χ2n) is 3.63. The summed E-state index contributed by atoms with van der Waals surface area (Å²) < 4.78 is 39.9. The standard InChI is InChI=1S/C11H10ClFN2O2S2/c12-8-2-1-3-9(13)11(8)15-19(16,17)10-5-4-7(6-14)18-10/h1-5,15H,6,14H2. The highest BCUT2D eigenvalue weighted by atomic mass is 35.5. The minimum atomic E-state index is -3.86. The van der Waals surface area contributed by atoms with Crippen molar-refractivity contribution in [1.29, 1.82) is 0 Å². The van der Waals surface area contributed by atoms with Gasteiger partial charge in [-0.1, -0.05) is 17.7 Å². The average Bonchev–Trinajstić information content (AvgIpc) is 2.83. The first-order valence-corrected chi connectivity index (χ1v) is 7.87. The maximum atomic E-state index is 13.5. The van der Waals surface area contributed by atoms with Gasteiger partial charge in [-0.05, 0) is 24.3 Å². The number of thiophene rings is 1. The van der Waals surface area contributed by atoms with E-state index in [2.05, 4.69) is 4.72 Å². The number of halogens is 2. The lowest BCUT2D eigenvalue weighted by molar-refractivity contribution is 0.600. The number of para-hydroxylation sites is 1. The molecule has 0 spiro atoms. The molecule has 0 aliphatic carbocycles. The Bertz CT molecular complexity index is 680. The maximum absolute atomic E-state index is 13.5. The van der Waals surface area contributed by atoms with Crippen LogP contribution in [-0.2, 0) is 16.6 Å². The van der Waals surface area contributed by atoms with E-state index in [-0.39, 0.29) is 21.5 Å². The van der Waals surface area contributed by atoms with E-state index in [1.54, 1.807) is 6.07 Å². The Hall–Kier alpha value is -1.15. The van der Waals surface area contributed by atoms with Gasteiger partial charge in [0.1, 0.15) is 15.7 Å². The molecular weight excluding hydrogens is 311 g/mol. The third-order valence-electron chi connectivity index (χ3n) is 2.30. The van der Waals surface area contributed by atoms with Crippen LogP contribution in [0.15, 0.2) is 34.5 Å². The van der Waals surface area contributed by atoms with Gasteiger partial charge >= 0.3 is 0 Å². The van der Waals surface area contributed by atoms with Gasteiger partial charge in [0, 0.05) is 11.4 Å². The van der Waals surface area contributed by atoms with Crippen LogP contribution in [0.5, 0.6) is 0 Å². The molecule has 3 N–H and O–H groups in total. The van der Waals surface area contributed by atoms with Crippen molar-refractivity contribution in [2.75, 3.05) is 4.72 Å². The quantitative estimate of drug-likeness (QED) is 0.910. The van der Waals surface area contributed by atoms with Gasteiger partial charge in [-0.3, -0.25) is 4.72 Å². The third-order valence-corrected chi connectivity index (χ3v) is 5.57. The average molecular weight is 321 g/mol.